The second-order valence-electron chi connectivity index (χ2n) is 9.15. The van der Waals surface area contributed by atoms with Gasteiger partial charge >= 0.3 is 0 Å². The normalized spacial score (nSPS) is 23.0. The van der Waals surface area contributed by atoms with Crippen LogP contribution in [0.1, 0.15) is 38.5 Å². The molecule has 2 fully saturated rings. The zero-order valence-electron chi connectivity index (χ0n) is 18.6. The van der Waals surface area contributed by atoms with Gasteiger partial charge in [0.05, 0.1) is 5.92 Å². The molecule has 4 N–H and O–H groups in total. The number of pyridine rings is 1. The summed E-state index contributed by atoms with van der Waals surface area (Å²) in [5.41, 5.74) is 3.50. The van der Waals surface area contributed by atoms with Crippen molar-refractivity contribution in [3.05, 3.63) is 35.9 Å². The molecule has 1 unspecified atom stereocenters. The Morgan fingerprint density at radius 3 is 2.79 bits per heavy atom. The lowest BCUT2D eigenvalue weighted by molar-refractivity contribution is -0.124. The SMILES string of the molecule is O=C(NCCC1CCC(Nc2cc(-c3c[nH]c4nccnc34)cc(Cl)n2)CC1)C1CCNC1. The Hall–Kier alpha value is -2.71. The van der Waals surface area contributed by atoms with Crippen LogP contribution in [0.2, 0.25) is 5.15 Å². The lowest BCUT2D eigenvalue weighted by atomic mass is 9.84. The van der Waals surface area contributed by atoms with Crippen molar-refractivity contribution < 1.29 is 4.79 Å². The smallest absolute Gasteiger partial charge is 0.224 e. The standard InChI is InChI=1S/C24H30ClN7O/c25-20-11-17(19-14-30-23-22(19)27-9-10-28-23)12-21(32-20)31-18-3-1-15(2-4-18)5-8-29-24(33)16-6-7-26-13-16/h9-12,14-16,18,26H,1-8,13H2,(H,28,30)(H,29,33)(H,31,32). The first kappa shape index (κ1) is 22.1. The minimum atomic E-state index is 0.149. The molecule has 3 aromatic rings. The number of nitrogens with one attached hydrogen (secondary N) is 4. The Kier molecular flexibility index (Phi) is 6.73. The Morgan fingerprint density at radius 2 is 1.97 bits per heavy atom. The van der Waals surface area contributed by atoms with Crippen LogP contribution in [0.15, 0.2) is 30.7 Å². The van der Waals surface area contributed by atoms with Gasteiger partial charge in [-0.05, 0) is 68.7 Å². The van der Waals surface area contributed by atoms with E-state index in [9.17, 15) is 4.79 Å². The number of H-pyrrole nitrogens is 1. The molecule has 0 bridgehead atoms. The van der Waals surface area contributed by atoms with E-state index in [2.05, 4.69) is 35.9 Å². The highest BCUT2D eigenvalue weighted by atomic mass is 35.5. The lowest BCUT2D eigenvalue weighted by Crippen LogP contribution is -2.34. The number of halogens is 1. The van der Waals surface area contributed by atoms with Gasteiger partial charge in [-0.1, -0.05) is 11.6 Å². The van der Waals surface area contributed by atoms with Gasteiger partial charge in [0.1, 0.15) is 16.5 Å². The number of nitrogens with zero attached hydrogens (tertiary/aromatic N) is 3. The molecule has 33 heavy (non-hydrogen) atoms. The summed E-state index contributed by atoms with van der Waals surface area (Å²) in [4.78, 5) is 28.6. The third-order valence-electron chi connectivity index (χ3n) is 6.89. The van der Waals surface area contributed by atoms with Crippen LogP contribution >= 0.6 is 11.6 Å². The fourth-order valence-electron chi connectivity index (χ4n) is 5.02. The molecule has 9 heteroatoms. The van der Waals surface area contributed by atoms with Crippen LogP contribution in [0.5, 0.6) is 0 Å². The lowest BCUT2D eigenvalue weighted by Gasteiger charge is -2.29. The molecular weight excluding hydrogens is 438 g/mol. The number of aromatic amines is 1. The van der Waals surface area contributed by atoms with Crippen LogP contribution in [0.25, 0.3) is 22.3 Å². The summed E-state index contributed by atoms with van der Waals surface area (Å²) in [5.74, 6) is 1.81. The van der Waals surface area contributed by atoms with Gasteiger partial charge in [-0.3, -0.25) is 9.78 Å². The van der Waals surface area contributed by atoms with Crippen molar-refractivity contribution >= 4 is 34.5 Å². The quantitative estimate of drug-likeness (QED) is 0.394. The van der Waals surface area contributed by atoms with Gasteiger partial charge in [-0.25, -0.2) is 9.97 Å². The number of aromatic nitrogens is 4. The summed E-state index contributed by atoms with van der Waals surface area (Å²) in [7, 11) is 0. The average Bonchev–Trinajstić information content (AvgIpc) is 3.50. The van der Waals surface area contributed by atoms with Crippen LogP contribution in [-0.4, -0.2) is 51.5 Å². The van der Waals surface area contributed by atoms with E-state index in [1.54, 1.807) is 12.4 Å². The predicted molar refractivity (Wildman–Crippen MR) is 130 cm³/mol. The summed E-state index contributed by atoms with van der Waals surface area (Å²) in [6, 6.07) is 4.27. The van der Waals surface area contributed by atoms with Crippen molar-refractivity contribution in [1.82, 2.24) is 30.6 Å². The summed E-state index contributed by atoms with van der Waals surface area (Å²) in [6.45, 7) is 2.55. The number of carbonyl (C=O) groups excluding carboxylic acids is 1. The van der Waals surface area contributed by atoms with Crippen LogP contribution in [0, 0.1) is 11.8 Å². The summed E-state index contributed by atoms with van der Waals surface area (Å²) in [5, 5.41) is 10.4. The molecule has 0 aromatic carbocycles. The largest absolute Gasteiger partial charge is 0.367 e. The molecule has 1 amide bonds. The molecule has 174 valence electrons. The fourth-order valence-corrected chi connectivity index (χ4v) is 5.23. The zero-order chi connectivity index (χ0) is 22.6. The van der Waals surface area contributed by atoms with Gasteiger partial charge in [0.25, 0.3) is 0 Å². The number of hydrogen-bond donors (Lipinski definition) is 4. The van der Waals surface area contributed by atoms with Gasteiger partial charge in [-0.2, -0.15) is 0 Å². The Morgan fingerprint density at radius 1 is 1.12 bits per heavy atom. The highest BCUT2D eigenvalue weighted by Gasteiger charge is 2.24. The molecule has 8 nitrogen and oxygen atoms in total. The number of anilines is 1. The molecular formula is C24H30ClN7O. The van der Waals surface area contributed by atoms with Crippen molar-refractivity contribution in [1.29, 1.82) is 0 Å². The number of fused-ring (bicyclic) bond motifs is 1. The molecule has 1 aliphatic carbocycles. The third kappa shape index (κ3) is 5.28. The van der Waals surface area contributed by atoms with Gasteiger partial charge in [0.2, 0.25) is 5.91 Å². The molecule has 4 heterocycles. The minimum absolute atomic E-state index is 0.149. The molecule has 3 aromatic heterocycles. The highest BCUT2D eigenvalue weighted by molar-refractivity contribution is 6.29. The Labute approximate surface area is 198 Å². The maximum atomic E-state index is 12.2. The average molecular weight is 468 g/mol. The first-order chi connectivity index (χ1) is 16.2. The first-order valence-electron chi connectivity index (χ1n) is 11.9. The number of rotatable bonds is 7. The van der Waals surface area contributed by atoms with E-state index < -0.39 is 0 Å². The number of amides is 1. The zero-order valence-corrected chi connectivity index (χ0v) is 19.4. The van der Waals surface area contributed by atoms with Crippen molar-refractivity contribution in [2.75, 3.05) is 25.0 Å². The van der Waals surface area contributed by atoms with Gasteiger partial charge in [0.15, 0.2) is 5.65 Å². The van der Waals surface area contributed by atoms with E-state index in [1.807, 2.05) is 18.3 Å². The van der Waals surface area contributed by atoms with E-state index in [1.165, 1.54) is 0 Å². The van der Waals surface area contributed by atoms with Gasteiger partial charge in [-0.15, -0.1) is 0 Å². The van der Waals surface area contributed by atoms with Crippen LogP contribution < -0.4 is 16.0 Å². The molecule has 1 atom stereocenters. The van der Waals surface area contributed by atoms with Crippen molar-refractivity contribution in [3.63, 3.8) is 0 Å². The molecule has 2 aliphatic rings. The molecule has 0 spiro atoms. The first-order valence-corrected chi connectivity index (χ1v) is 12.2. The van der Waals surface area contributed by atoms with Crippen molar-refractivity contribution in [3.8, 4) is 11.1 Å². The highest BCUT2D eigenvalue weighted by Crippen LogP contribution is 2.32. The Balaban J connectivity index is 1.14. The predicted octanol–water partition coefficient (Wildman–Crippen LogP) is 3.76. The maximum absolute atomic E-state index is 12.2. The number of carbonyl (C=O) groups is 1. The molecule has 5 rings (SSSR count). The van der Waals surface area contributed by atoms with Crippen LogP contribution in [0.4, 0.5) is 5.82 Å². The topological polar surface area (TPSA) is 108 Å². The fraction of sp³-hybridized carbons (Fsp3) is 0.500. The molecule has 0 radical (unpaired) electrons. The summed E-state index contributed by atoms with van der Waals surface area (Å²) in [6.07, 6.45) is 11.8. The second kappa shape index (κ2) is 10.1. The van der Waals surface area contributed by atoms with Crippen molar-refractivity contribution in [2.24, 2.45) is 11.8 Å². The van der Waals surface area contributed by atoms with E-state index >= 15 is 0 Å². The van der Waals surface area contributed by atoms with E-state index in [-0.39, 0.29) is 11.8 Å². The summed E-state index contributed by atoms with van der Waals surface area (Å²) < 4.78 is 0. The van der Waals surface area contributed by atoms with Crippen LogP contribution in [0.3, 0.4) is 0 Å². The molecule has 1 saturated carbocycles. The maximum Gasteiger partial charge on any atom is 0.224 e. The molecule has 1 aliphatic heterocycles. The summed E-state index contributed by atoms with van der Waals surface area (Å²) >= 11 is 6.35. The van der Waals surface area contributed by atoms with E-state index in [4.69, 9.17) is 11.6 Å². The Bertz CT molecular complexity index is 1100. The van der Waals surface area contributed by atoms with E-state index in [0.717, 1.165) is 86.3 Å². The van der Waals surface area contributed by atoms with Crippen molar-refractivity contribution in [2.45, 2.75) is 44.6 Å². The molecule has 1 saturated heterocycles. The monoisotopic (exact) mass is 467 g/mol. The third-order valence-corrected chi connectivity index (χ3v) is 7.09. The van der Waals surface area contributed by atoms with Gasteiger partial charge in [0, 0.05) is 43.3 Å². The van der Waals surface area contributed by atoms with Gasteiger partial charge < -0.3 is 20.9 Å². The minimum Gasteiger partial charge on any atom is -0.367 e. The van der Waals surface area contributed by atoms with E-state index in [0.29, 0.717) is 17.1 Å². The van der Waals surface area contributed by atoms with Crippen LogP contribution in [-0.2, 0) is 4.79 Å². The second-order valence-corrected chi connectivity index (χ2v) is 9.54. The number of hydrogen-bond acceptors (Lipinski definition) is 6.